The van der Waals surface area contributed by atoms with E-state index < -0.39 is 0 Å². The third-order valence-electron chi connectivity index (χ3n) is 2.94. The molecule has 0 aliphatic carbocycles. The second-order valence-electron chi connectivity index (χ2n) is 5.01. The zero-order chi connectivity index (χ0) is 15.2. The van der Waals surface area contributed by atoms with Crippen LogP contribution in [0, 0.1) is 11.3 Å². The molecule has 0 saturated heterocycles. The first-order valence-electron chi connectivity index (χ1n) is 6.79. The summed E-state index contributed by atoms with van der Waals surface area (Å²) in [6.07, 6.45) is 0. The van der Waals surface area contributed by atoms with Crippen molar-refractivity contribution in [2.45, 2.75) is 36.2 Å². The Labute approximate surface area is 138 Å². The zero-order valence-electron chi connectivity index (χ0n) is 12.1. The molecule has 108 valence electrons. The Morgan fingerprint density at radius 2 is 1.95 bits per heavy atom. The van der Waals surface area contributed by atoms with Crippen molar-refractivity contribution in [3.63, 3.8) is 0 Å². The Kier molecular flexibility index (Phi) is 5.86. The third-order valence-corrected chi connectivity index (χ3v) is 5.04. The van der Waals surface area contributed by atoms with Crippen molar-refractivity contribution in [1.82, 2.24) is 5.32 Å². The summed E-state index contributed by atoms with van der Waals surface area (Å²) in [7, 11) is 0. The highest BCUT2D eigenvalue weighted by molar-refractivity contribution is 9.10. The van der Waals surface area contributed by atoms with Gasteiger partial charge in [0.1, 0.15) is 6.07 Å². The van der Waals surface area contributed by atoms with Gasteiger partial charge in [0.2, 0.25) is 0 Å². The van der Waals surface area contributed by atoms with E-state index in [1.807, 2.05) is 36.4 Å². The van der Waals surface area contributed by atoms with E-state index in [1.54, 1.807) is 11.8 Å². The molecule has 2 aromatic rings. The van der Waals surface area contributed by atoms with E-state index in [4.69, 9.17) is 0 Å². The standard InChI is InChI=1S/C17H17BrN2S/c1-12(2)20-11-13-7-8-16(14(9-13)10-19)21-17-6-4-3-5-15(17)18/h3-9,12,20H,11H2,1-2H3. The van der Waals surface area contributed by atoms with Crippen molar-refractivity contribution < 1.29 is 0 Å². The minimum atomic E-state index is 0.435. The topological polar surface area (TPSA) is 35.8 Å². The number of hydrogen-bond acceptors (Lipinski definition) is 3. The monoisotopic (exact) mass is 360 g/mol. The summed E-state index contributed by atoms with van der Waals surface area (Å²) < 4.78 is 1.05. The van der Waals surface area contributed by atoms with Gasteiger partial charge in [-0.2, -0.15) is 5.26 Å². The van der Waals surface area contributed by atoms with Crippen LogP contribution in [0.15, 0.2) is 56.7 Å². The molecule has 0 atom stereocenters. The minimum Gasteiger partial charge on any atom is -0.310 e. The largest absolute Gasteiger partial charge is 0.310 e. The van der Waals surface area contributed by atoms with Crippen LogP contribution in [0.5, 0.6) is 0 Å². The van der Waals surface area contributed by atoms with Crippen LogP contribution in [0.1, 0.15) is 25.0 Å². The highest BCUT2D eigenvalue weighted by Gasteiger charge is 2.08. The van der Waals surface area contributed by atoms with Crippen molar-refractivity contribution in [3.05, 3.63) is 58.1 Å². The summed E-state index contributed by atoms with van der Waals surface area (Å²) >= 11 is 5.15. The van der Waals surface area contributed by atoms with Crippen molar-refractivity contribution in [3.8, 4) is 6.07 Å². The maximum atomic E-state index is 9.37. The smallest absolute Gasteiger partial charge is 0.100 e. The molecule has 0 unspecified atom stereocenters. The molecule has 21 heavy (non-hydrogen) atoms. The van der Waals surface area contributed by atoms with Crippen LogP contribution in [0.2, 0.25) is 0 Å². The summed E-state index contributed by atoms with van der Waals surface area (Å²) in [5, 5.41) is 12.7. The van der Waals surface area contributed by atoms with E-state index in [-0.39, 0.29) is 0 Å². The predicted molar refractivity (Wildman–Crippen MR) is 91.4 cm³/mol. The van der Waals surface area contributed by atoms with E-state index in [0.29, 0.717) is 6.04 Å². The maximum absolute atomic E-state index is 9.37. The molecule has 0 radical (unpaired) electrons. The fourth-order valence-corrected chi connectivity index (χ4v) is 3.26. The SMILES string of the molecule is CC(C)NCc1ccc(Sc2ccccc2Br)c(C#N)c1. The van der Waals surface area contributed by atoms with Gasteiger partial charge in [0.15, 0.2) is 0 Å². The summed E-state index contributed by atoms with van der Waals surface area (Å²) in [4.78, 5) is 2.10. The summed E-state index contributed by atoms with van der Waals surface area (Å²) in [5.41, 5.74) is 1.86. The van der Waals surface area contributed by atoms with Crippen molar-refractivity contribution in [1.29, 1.82) is 5.26 Å². The Morgan fingerprint density at radius 3 is 2.62 bits per heavy atom. The van der Waals surface area contributed by atoms with Gasteiger partial charge < -0.3 is 5.32 Å². The van der Waals surface area contributed by atoms with Crippen molar-refractivity contribution >= 4 is 27.7 Å². The number of halogens is 1. The Hall–Kier alpha value is -1.28. The molecule has 0 bridgehead atoms. The highest BCUT2D eigenvalue weighted by Crippen LogP contribution is 2.35. The van der Waals surface area contributed by atoms with Crippen molar-refractivity contribution in [2.75, 3.05) is 0 Å². The van der Waals surface area contributed by atoms with E-state index in [0.717, 1.165) is 31.9 Å². The highest BCUT2D eigenvalue weighted by atomic mass is 79.9. The summed E-state index contributed by atoms with van der Waals surface area (Å²) in [6, 6.07) is 16.8. The number of nitriles is 1. The van der Waals surface area contributed by atoms with E-state index in [1.165, 1.54) is 0 Å². The van der Waals surface area contributed by atoms with Crippen LogP contribution in [0.25, 0.3) is 0 Å². The van der Waals surface area contributed by atoms with Gasteiger partial charge in [0.05, 0.1) is 5.56 Å². The molecule has 2 rings (SSSR count). The van der Waals surface area contributed by atoms with Crippen LogP contribution in [0.4, 0.5) is 0 Å². The first-order chi connectivity index (χ1) is 10.1. The molecule has 0 heterocycles. The van der Waals surface area contributed by atoms with Gasteiger partial charge >= 0.3 is 0 Å². The van der Waals surface area contributed by atoms with Gasteiger partial charge in [-0.15, -0.1) is 0 Å². The normalized spacial score (nSPS) is 10.6. The van der Waals surface area contributed by atoms with Gasteiger partial charge in [-0.05, 0) is 45.8 Å². The Balaban J connectivity index is 2.21. The van der Waals surface area contributed by atoms with E-state index >= 15 is 0 Å². The quantitative estimate of drug-likeness (QED) is 0.817. The molecule has 1 N–H and O–H groups in total. The van der Waals surface area contributed by atoms with Gasteiger partial charge in [-0.3, -0.25) is 0 Å². The first-order valence-corrected chi connectivity index (χ1v) is 8.40. The van der Waals surface area contributed by atoms with Crippen LogP contribution >= 0.6 is 27.7 Å². The van der Waals surface area contributed by atoms with Crippen LogP contribution in [-0.4, -0.2) is 6.04 Å². The fourth-order valence-electron chi connectivity index (χ4n) is 1.83. The second kappa shape index (κ2) is 7.65. The second-order valence-corrected chi connectivity index (χ2v) is 6.95. The minimum absolute atomic E-state index is 0.435. The maximum Gasteiger partial charge on any atom is 0.100 e. The molecule has 4 heteroatoms. The third kappa shape index (κ3) is 4.60. The molecule has 0 spiro atoms. The predicted octanol–water partition coefficient (Wildman–Crippen LogP) is 4.97. The molecule has 0 aliphatic heterocycles. The van der Waals surface area contributed by atoms with Gasteiger partial charge in [-0.25, -0.2) is 0 Å². The molecule has 2 aromatic carbocycles. The Morgan fingerprint density at radius 1 is 1.19 bits per heavy atom. The van der Waals surface area contributed by atoms with Crippen molar-refractivity contribution in [2.24, 2.45) is 0 Å². The number of benzene rings is 2. The summed E-state index contributed by atoms with van der Waals surface area (Å²) in [5.74, 6) is 0. The van der Waals surface area contributed by atoms with Gasteiger partial charge in [0.25, 0.3) is 0 Å². The lowest BCUT2D eigenvalue weighted by atomic mass is 10.1. The molecule has 0 fully saturated rings. The van der Waals surface area contributed by atoms with E-state index in [9.17, 15) is 5.26 Å². The summed E-state index contributed by atoms with van der Waals surface area (Å²) in [6.45, 7) is 5.01. The van der Waals surface area contributed by atoms with Crippen LogP contribution in [0.3, 0.4) is 0 Å². The number of nitrogens with zero attached hydrogens (tertiary/aromatic N) is 1. The molecular formula is C17H17BrN2S. The molecule has 0 aliphatic rings. The lowest BCUT2D eigenvalue weighted by Gasteiger charge is -2.10. The van der Waals surface area contributed by atoms with Gasteiger partial charge in [0, 0.05) is 26.9 Å². The lowest BCUT2D eigenvalue weighted by molar-refractivity contribution is 0.588. The van der Waals surface area contributed by atoms with Gasteiger partial charge in [-0.1, -0.05) is 43.8 Å². The van der Waals surface area contributed by atoms with E-state index in [2.05, 4.69) is 47.2 Å². The number of nitrogens with one attached hydrogen (secondary N) is 1. The van der Waals surface area contributed by atoms with Crippen LogP contribution in [-0.2, 0) is 6.54 Å². The average molecular weight is 361 g/mol. The Bertz CT molecular complexity index is 662. The molecule has 2 nitrogen and oxygen atoms in total. The van der Waals surface area contributed by atoms with Crippen LogP contribution < -0.4 is 5.32 Å². The molecular weight excluding hydrogens is 344 g/mol. The zero-order valence-corrected chi connectivity index (χ0v) is 14.5. The molecule has 0 aromatic heterocycles. The molecule has 0 amide bonds. The number of hydrogen-bond donors (Lipinski definition) is 1. The lowest BCUT2D eigenvalue weighted by Crippen LogP contribution is -2.21. The number of rotatable bonds is 5. The molecule has 0 saturated carbocycles. The first kappa shape index (κ1) is 16.1. The fraction of sp³-hybridized carbons (Fsp3) is 0.235. The average Bonchev–Trinajstić information content (AvgIpc) is 2.48.